The first kappa shape index (κ1) is 15.9. The summed E-state index contributed by atoms with van der Waals surface area (Å²) in [6, 6.07) is 0.615. The smallest absolute Gasteiger partial charge is 0.0674 e. The Morgan fingerprint density at radius 1 is 1.33 bits per heavy atom. The zero-order valence-electron chi connectivity index (χ0n) is 13.1. The van der Waals surface area contributed by atoms with E-state index in [-0.39, 0.29) is 5.54 Å². The Morgan fingerprint density at radius 2 is 2.00 bits per heavy atom. The first-order chi connectivity index (χ1) is 8.29. The quantitative estimate of drug-likeness (QED) is 0.836. The number of nitrogens with zero attached hydrogens (tertiary/aromatic N) is 1. The highest BCUT2D eigenvalue weighted by Gasteiger charge is 2.24. The van der Waals surface area contributed by atoms with E-state index in [1.165, 1.54) is 6.54 Å². The van der Waals surface area contributed by atoms with Crippen LogP contribution >= 0.6 is 0 Å². The zero-order chi connectivity index (χ0) is 13.8. The van der Waals surface area contributed by atoms with Gasteiger partial charge in [-0.1, -0.05) is 6.92 Å². The molecule has 3 heteroatoms. The standard InChI is InChI=1S/C15H32N2O/c1-12(10-16-15(4,5)6)14(3)17-8-7-9-18-13(2)11-17/h12-14,16H,7-11H2,1-6H3. The maximum absolute atomic E-state index is 5.72. The molecule has 0 radical (unpaired) electrons. The third-order valence-electron chi connectivity index (χ3n) is 3.84. The van der Waals surface area contributed by atoms with Crippen molar-refractivity contribution in [3.63, 3.8) is 0 Å². The fraction of sp³-hybridized carbons (Fsp3) is 1.00. The van der Waals surface area contributed by atoms with Crippen molar-refractivity contribution >= 4 is 0 Å². The molecule has 0 aromatic heterocycles. The van der Waals surface area contributed by atoms with Crippen molar-refractivity contribution in [2.75, 3.05) is 26.2 Å². The maximum atomic E-state index is 5.72. The molecule has 1 saturated heterocycles. The number of rotatable bonds is 4. The van der Waals surface area contributed by atoms with E-state index < -0.39 is 0 Å². The molecule has 0 aliphatic carbocycles. The van der Waals surface area contributed by atoms with Crippen LogP contribution in [0.5, 0.6) is 0 Å². The summed E-state index contributed by atoms with van der Waals surface area (Å²) in [5, 5.41) is 3.61. The Bertz CT molecular complexity index is 237. The molecule has 18 heavy (non-hydrogen) atoms. The molecule has 1 aliphatic rings. The molecule has 3 nitrogen and oxygen atoms in total. The van der Waals surface area contributed by atoms with Crippen LogP contribution in [0, 0.1) is 5.92 Å². The Balaban J connectivity index is 2.43. The van der Waals surface area contributed by atoms with Gasteiger partial charge in [0, 0.05) is 31.3 Å². The third kappa shape index (κ3) is 5.68. The highest BCUT2D eigenvalue weighted by Crippen LogP contribution is 2.15. The lowest BCUT2D eigenvalue weighted by Gasteiger charge is -2.34. The monoisotopic (exact) mass is 256 g/mol. The molecule has 1 aliphatic heterocycles. The van der Waals surface area contributed by atoms with Crippen LogP contribution in [0.1, 0.15) is 48.0 Å². The molecule has 0 bridgehead atoms. The van der Waals surface area contributed by atoms with E-state index in [1.54, 1.807) is 0 Å². The lowest BCUT2D eigenvalue weighted by Crippen LogP contribution is -2.46. The molecule has 0 saturated carbocycles. The van der Waals surface area contributed by atoms with Crippen LogP contribution in [0.25, 0.3) is 0 Å². The van der Waals surface area contributed by atoms with Crippen molar-refractivity contribution < 1.29 is 4.74 Å². The maximum Gasteiger partial charge on any atom is 0.0674 e. The highest BCUT2D eigenvalue weighted by molar-refractivity contribution is 4.80. The largest absolute Gasteiger partial charge is 0.377 e. The molecular weight excluding hydrogens is 224 g/mol. The van der Waals surface area contributed by atoms with Crippen molar-refractivity contribution in [3.8, 4) is 0 Å². The summed E-state index contributed by atoms with van der Waals surface area (Å²) >= 11 is 0. The molecule has 0 spiro atoms. The topological polar surface area (TPSA) is 24.5 Å². The van der Waals surface area contributed by atoms with Crippen LogP contribution in [0.4, 0.5) is 0 Å². The summed E-state index contributed by atoms with van der Waals surface area (Å²) in [7, 11) is 0. The van der Waals surface area contributed by atoms with Crippen LogP contribution in [-0.4, -0.2) is 48.8 Å². The minimum absolute atomic E-state index is 0.211. The Morgan fingerprint density at radius 3 is 2.61 bits per heavy atom. The van der Waals surface area contributed by atoms with Gasteiger partial charge in [-0.15, -0.1) is 0 Å². The summed E-state index contributed by atoms with van der Waals surface area (Å²) in [6.07, 6.45) is 1.53. The van der Waals surface area contributed by atoms with E-state index in [2.05, 4.69) is 51.8 Å². The Kier molecular flexibility index (Phi) is 6.09. The first-order valence-corrected chi connectivity index (χ1v) is 7.40. The van der Waals surface area contributed by atoms with E-state index in [4.69, 9.17) is 4.74 Å². The average Bonchev–Trinajstić information content (AvgIpc) is 2.48. The molecule has 1 rings (SSSR count). The summed E-state index contributed by atoms with van der Waals surface area (Å²) in [5.41, 5.74) is 0.211. The predicted molar refractivity (Wildman–Crippen MR) is 78.0 cm³/mol. The predicted octanol–water partition coefficient (Wildman–Crippen LogP) is 2.51. The molecule has 1 N–H and O–H groups in total. The summed E-state index contributed by atoms with van der Waals surface area (Å²) in [5.74, 6) is 0.662. The number of ether oxygens (including phenoxy) is 1. The van der Waals surface area contributed by atoms with Gasteiger partial charge in [0.25, 0.3) is 0 Å². The molecule has 0 aromatic carbocycles. The molecular formula is C15H32N2O. The number of hydrogen-bond donors (Lipinski definition) is 1. The van der Waals surface area contributed by atoms with Crippen molar-refractivity contribution in [2.24, 2.45) is 5.92 Å². The highest BCUT2D eigenvalue weighted by atomic mass is 16.5. The van der Waals surface area contributed by atoms with E-state index in [0.29, 0.717) is 18.1 Å². The third-order valence-corrected chi connectivity index (χ3v) is 3.84. The summed E-state index contributed by atoms with van der Waals surface area (Å²) in [6.45, 7) is 17.8. The van der Waals surface area contributed by atoms with Gasteiger partial charge >= 0.3 is 0 Å². The van der Waals surface area contributed by atoms with Gasteiger partial charge < -0.3 is 10.1 Å². The van der Waals surface area contributed by atoms with Crippen molar-refractivity contribution in [1.29, 1.82) is 0 Å². The minimum Gasteiger partial charge on any atom is -0.377 e. The zero-order valence-corrected chi connectivity index (χ0v) is 13.1. The van der Waals surface area contributed by atoms with Crippen LogP contribution in [0.3, 0.4) is 0 Å². The Hall–Kier alpha value is -0.120. The SMILES string of the molecule is CC1CN(C(C)C(C)CNC(C)(C)C)CCCO1. The van der Waals surface area contributed by atoms with Crippen molar-refractivity contribution in [2.45, 2.75) is 65.6 Å². The molecule has 0 amide bonds. The fourth-order valence-electron chi connectivity index (χ4n) is 2.39. The van der Waals surface area contributed by atoms with Gasteiger partial charge in [-0.05, 0) is 53.5 Å². The van der Waals surface area contributed by atoms with E-state index in [1.807, 2.05) is 0 Å². The second kappa shape index (κ2) is 6.88. The molecule has 0 aromatic rings. The van der Waals surface area contributed by atoms with Gasteiger partial charge in [0.1, 0.15) is 0 Å². The van der Waals surface area contributed by atoms with E-state index >= 15 is 0 Å². The number of nitrogens with one attached hydrogen (secondary N) is 1. The second-order valence-electron chi connectivity index (χ2n) is 6.88. The lowest BCUT2D eigenvalue weighted by molar-refractivity contribution is 0.0563. The van der Waals surface area contributed by atoms with Gasteiger partial charge in [-0.25, -0.2) is 0 Å². The summed E-state index contributed by atoms with van der Waals surface area (Å²) in [4.78, 5) is 2.59. The van der Waals surface area contributed by atoms with Gasteiger partial charge in [0.15, 0.2) is 0 Å². The van der Waals surface area contributed by atoms with Crippen LogP contribution in [-0.2, 0) is 4.74 Å². The first-order valence-electron chi connectivity index (χ1n) is 7.40. The number of hydrogen-bond acceptors (Lipinski definition) is 3. The average molecular weight is 256 g/mol. The van der Waals surface area contributed by atoms with Crippen LogP contribution in [0.2, 0.25) is 0 Å². The lowest BCUT2D eigenvalue weighted by atomic mass is 9.99. The van der Waals surface area contributed by atoms with Crippen LogP contribution < -0.4 is 5.32 Å². The molecule has 1 fully saturated rings. The van der Waals surface area contributed by atoms with Gasteiger partial charge in [0.2, 0.25) is 0 Å². The molecule has 3 unspecified atom stereocenters. The normalized spacial score (nSPS) is 26.7. The van der Waals surface area contributed by atoms with E-state index in [9.17, 15) is 0 Å². The van der Waals surface area contributed by atoms with Crippen LogP contribution in [0.15, 0.2) is 0 Å². The van der Waals surface area contributed by atoms with Gasteiger partial charge in [0.05, 0.1) is 6.10 Å². The molecule has 3 atom stereocenters. The molecule has 108 valence electrons. The van der Waals surface area contributed by atoms with Crippen molar-refractivity contribution in [3.05, 3.63) is 0 Å². The Labute approximate surface area is 113 Å². The molecule has 1 heterocycles. The minimum atomic E-state index is 0.211. The summed E-state index contributed by atoms with van der Waals surface area (Å²) < 4.78 is 5.72. The second-order valence-corrected chi connectivity index (χ2v) is 6.88. The van der Waals surface area contributed by atoms with Crippen molar-refractivity contribution in [1.82, 2.24) is 10.2 Å². The van der Waals surface area contributed by atoms with Gasteiger partial charge in [-0.2, -0.15) is 0 Å². The van der Waals surface area contributed by atoms with Gasteiger partial charge in [-0.3, -0.25) is 4.90 Å². The van der Waals surface area contributed by atoms with E-state index in [0.717, 1.165) is 26.1 Å². The fourth-order valence-corrected chi connectivity index (χ4v) is 2.39.